The van der Waals surface area contributed by atoms with E-state index in [0.717, 1.165) is 26.1 Å². The van der Waals surface area contributed by atoms with Crippen LogP contribution in [0.3, 0.4) is 0 Å². The Bertz CT molecular complexity index is 1120. The molecule has 0 bridgehead atoms. The van der Waals surface area contributed by atoms with Gasteiger partial charge >= 0.3 is 5.97 Å². The van der Waals surface area contributed by atoms with Gasteiger partial charge in [-0.25, -0.2) is 14.4 Å². The Kier molecular flexibility index (Phi) is 6.08. The van der Waals surface area contributed by atoms with Gasteiger partial charge < -0.3 is 20.5 Å². The molecule has 0 radical (unpaired) electrons. The van der Waals surface area contributed by atoms with Crippen LogP contribution in [0.2, 0.25) is 0 Å². The smallest absolute Gasteiger partial charge is 0.306 e. The van der Waals surface area contributed by atoms with Gasteiger partial charge in [-0.1, -0.05) is 0 Å². The molecule has 0 amide bonds. The average Bonchev–Trinajstić information content (AvgIpc) is 3.18. The molecule has 3 N–H and O–H groups in total. The summed E-state index contributed by atoms with van der Waals surface area (Å²) >= 11 is 0. The SMILES string of the molecule is O=C(O)[C@H]1CC[C@@H](n2c(Nc3ccc(F)cc3)nc3cnc(NC4CCOCC4)nc32)CC1. The summed E-state index contributed by atoms with van der Waals surface area (Å²) in [4.78, 5) is 25.4. The number of nitrogens with zero attached hydrogens (tertiary/aromatic N) is 4. The summed E-state index contributed by atoms with van der Waals surface area (Å²) in [7, 11) is 0. The van der Waals surface area contributed by atoms with E-state index < -0.39 is 5.97 Å². The summed E-state index contributed by atoms with van der Waals surface area (Å²) in [5, 5.41) is 16.1. The third kappa shape index (κ3) is 4.75. The molecule has 2 fully saturated rings. The lowest BCUT2D eigenvalue weighted by molar-refractivity contribution is -0.143. The number of carboxylic acids is 1. The highest BCUT2D eigenvalue weighted by atomic mass is 19.1. The van der Waals surface area contributed by atoms with Gasteiger partial charge in [0.2, 0.25) is 11.9 Å². The predicted molar refractivity (Wildman–Crippen MR) is 121 cm³/mol. The van der Waals surface area contributed by atoms with Gasteiger partial charge in [-0.3, -0.25) is 9.36 Å². The zero-order valence-electron chi connectivity index (χ0n) is 18.2. The summed E-state index contributed by atoms with van der Waals surface area (Å²) in [6.07, 6.45) is 6.15. The molecule has 2 aliphatic rings. The zero-order valence-corrected chi connectivity index (χ0v) is 18.2. The first kappa shape index (κ1) is 21.6. The minimum atomic E-state index is -0.737. The lowest BCUT2D eigenvalue weighted by Crippen LogP contribution is -2.28. The molecule has 9 nitrogen and oxygen atoms in total. The van der Waals surface area contributed by atoms with Crippen LogP contribution in [-0.4, -0.2) is 49.9 Å². The van der Waals surface area contributed by atoms with Crippen molar-refractivity contribution in [3.8, 4) is 0 Å². The molecule has 5 rings (SSSR count). The van der Waals surface area contributed by atoms with Crippen LogP contribution in [0.4, 0.5) is 22.0 Å². The summed E-state index contributed by atoms with van der Waals surface area (Å²) in [5.74, 6) is -0.226. The van der Waals surface area contributed by atoms with Crippen molar-refractivity contribution in [3.63, 3.8) is 0 Å². The highest BCUT2D eigenvalue weighted by Gasteiger charge is 2.30. The number of aromatic nitrogens is 4. The topological polar surface area (TPSA) is 114 Å². The van der Waals surface area contributed by atoms with E-state index in [2.05, 4.69) is 15.6 Å². The van der Waals surface area contributed by atoms with Crippen LogP contribution in [0.15, 0.2) is 30.5 Å². The van der Waals surface area contributed by atoms with E-state index in [1.807, 2.05) is 4.57 Å². The number of fused-ring (bicyclic) bond motifs is 1. The van der Waals surface area contributed by atoms with Crippen LogP contribution < -0.4 is 10.6 Å². The number of halogens is 1. The maximum Gasteiger partial charge on any atom is 0.306 e. The first-order valence-electron chi connectivity index (χ1n) is 11.4. The fraction of sp³-hybridized carbons (Fsp3) is 0.478. The predicted octanol–water partition coefficient (Wildman–Crippen LogP) is 4.12. The molecule has 0 spiro atoms. The lowest BCUT2D eigenvalue weighted by atomic mass is 9.86. The van der Waals surface area contributed by atoms with Gasteiger partial charge in [0, 0.05) is 31.0 Å². The molecule has 174 valence electrons. The highest BCUT2D eigenvalue weighted by molar-refractivity contribution is 5.76. The summed E-state index contributed by atoms with van der Waals surface area (Å²) in [6.45, 7) is 1.44. The minimum Gasteiger partial charge on any atom is -0.481 e. The van der Waals surface area contributed by atoms with E-state index in [4.69, 9.17) is 14.7 Å². The van der Waals surface area contributed by atoms with Crippen molar-refractivity contribution < 1.29 is 19.0 Å². The van der Waals surface area contributed by atoms with Crippen molar-refractivity contribution in [1.29, 1.82) is 0 Å². The Morgan fingerprint density at radius 1 is 1.06 bits per heavy atom. The van der Waals surface area contributed by atoms with Crippen molar-refractivity contribution in [1.82, 2.24) is 19.5 Å². The molecule has 2 aromatic heterocycles. The Balaban J connectivity index is 1.48. The molecule has 1 saturated heterocycles. The second-order valence-corrected chi connectivity index (χ2v) is 8.71. The maximum atomic E-state index is 13.4. The van der Waals surface area contributed by atoms with E-state index in [0.29, 0.717) is 54.4 Å². The Labute approximate surface area is 190 Å². The number of nitrogens with one attached hydrogen (secondary N) is 2. The largest absolute Gasteiger partial charge is 0.481 e. The molecule has 10 heteroatoms. The molecule has 0 unspecified atom stereocenters. The highest BCUT2D eigenvalue weighted by Crippen LogP contribution is 2.37. The molecule has 3 aromatic rings. The van der Waals surface area contributed by atoms with Crippen LogP contribution in [0.25, 0.3) is 11.2 Å². The molecule has 3 heterocycles. The molecular weight excluding hydrogens is 427 g/mol. The fourth-order valence-corrected chi connectivity index (χ4v) is 4.66. The Hall–Kier alpha value is -3.27. The first-order valence-corrected chi connectivity index (χ1v) is 11.4. The van der Waals surface area contributed by atoms with Gasteiger partial charge in [0.25, 0.3) is 0 Å². The zero-order chi connectivity index (χ0) is 22.8. The van der Waals surface area contributed by atoms with Crippen LogP contribution in [0.5, 0.6) is 0 Å². The van der Waals surface area contributed by atoms with Gasteiger partial charge in [0.05, 0.1) is 12.1 Å². The van der Waals surface area contributed by atoms with Crippen molar-refractivity contribution in [2.75, 3.05) is 23.8 Å². The van der Waals surface area contributed by atoms with E-state index in [9.17, 15) is 14.3 Å². The number of imidazole rings is 1. The second kappa shape index (κ2) is 9.30. The van der Waals surface area contributed by atoms with Crippen LogP contribution in [0, 0.1) is 11.7 Å². The molecule has 1 aromatic carbocycles. The normalized spacial score (nSPS) is 21.7. The van der Waals surface area contributed by atoms with Crippen molar-refractivity contribution in [2.24, 2.45) is 5.92 Å². The maximum absolute atomic E-state index is 13.4. The number of anilines is 3. The molecular formula is C23H27FN6O3. The van der Waals surface area contributed by atoms with Gasteiger partial charge in [-0.2, -0.15) is 4.98 Å². The Morgan fingerprint density at radius 2 is 1.79 bits per heavy atom. The van der Waals surface area contributed by atoms with Gasteiger partial charge in [0.1, 0.15) is 11.3 Å². The molecule has 1 saturated carbocycles. The molecule has 1 aliphatic heterocycles. The molecule has 33 heavy (non-hydrogen) atoms. The number of ether oxygens (including phenoxy) is 1. The van der Waals surface area contributed by atoms with Crippen LogP contribution in [0.1, 0.15) is 44.6 Å². The summed E-state index contributed by atoms with van der Waals surface area (Å²) in [6, 6.07) is 6.41. The van der Waals surface area contributed by atoms with Crippen LogP contribution in [-0.2, 0) is 9.53 Å². The molecule has 0 atom stereocenters. The third-order valence-electron chi connectivity index (χ3n) is 6.50. The number of benzene rings is 1. The number of hydrogen-bond acceptors (Lipinski definition) is 7. The van der Waals surface area contributed by atoms with E-state index >= 15 is 0 Å². The number of aliphatic carboxylic acids is 1. The third-order valence-corrected chi connectivity index (χ3v) is 6.50. The molecule has 1 aliphatic carbocycles. The van der Waals surface area contributed by atoms with Gasteiger partial charge in [-0.05, 0) is 62.8 Å². The van der Waals surface area contributed by atoms with E-state index in [1.165, 1.54) is 12.1 Å². The summed E-state index contributed by atoms with van der Waals surface area (Å²) in [5.41, 5.74) is 2.06. The van der Waals surface area contributed by atoms with Crippen molar-refractivity contribution in [3.05, 3.63) is 36.3 Å². The second-order valence-electron chi connectivity index (χ2n) is 8.71. The number of rotatable bonds is 6. The number of carbonyl (C=O) groups is 1. The lowest BCUT2D eigenvalue weighted by Gasteiger charge is -2.28. The standard InChI is InChI=1S/C23H27FN6O3/c24-15-3-5-16(6-4-15)27-23-28-19-13-25-22(26-17-9-11-33-12-10-17)29-20(19)30(23)18-7-1-14(2-8-18)21(31)32/h3-6,13-14,17-18H,1-2,7-12H2,(H,27,28)(H,31,32)(H,25,26,29)/t14-,18+. The van der Waals surface area contributed by atoms with Crippen molar-refractivity contribution >= 4 is 34.7 Å². The quantitative estimate of drug-likeness (QED) is 0.510. The fourth-order valence-electron chi connectivity index (χ4n) is 4.66. The average molecular weight is 455 g/mol. The van der Waals surface area contributed by atoms with E-state index in [1.54, 1.807) is 18.3 Å². The van der Waals surface area contributed by atoms with Crippen LogP contribution >= 0.6 is 0 Å². The van der Waals surface area contributed by atoms with Crippen molar-refractivity contribution in [2.45, 2.75) is 50.6 Å². The number of hydrogen-bond donors (Lipinski definition) is 3. The van der Waals surface area contributed by atoms with Gasteiger partial charge in [0.15, 0.2) is 5.65 Å². The monoisotopic (exact) mass is 454 g/mol. The minimum absolute atomic E-state index is 0.0550. The number of carboxylic acid groups (broad SMARTS) is 1. The first-order chi connectivity index (χ1) is 16.1. The Morgan fingerprint density at radius 3 is 2.48 bits per heavy atom. The van der Waals surface area contributed by atoms with Gasteiger partial charge in [-0.15, -0.1) is 0 Å². The summed E-state index contributed by atoms with van der Waals surface area (Å²) < 4.78 is 20.9. The van der Waals surface area contributed by atoms with E-state index in [-0.39, 0.29) is 23.8 Å².